The summed E-state index contributed by atoms with van der Waals surface area (Å²) in [4.78, 5) is 32.5. The second-order valence-corrected chi connectivity index (χ2v) is 4.12. The molecule has 7 heteroatoms. The molecule has 0 fully saturated rings. The van der Waals surface area contributed by atoms with Crippen LogP contribution in [0.5, 0.6) is 0 Å². The lowest BCUT2D eigenvalue weighted by molar-refractivity contribution is -0.385. The summed E-state index contributed by atoms with van der Waals surface area (Å²) in [5.41, 5.74) is 0.111. The van der Waals surface area contributed by atoms with Crippen molar-refractivity contribution < 1.29 is 19.6 Å². The van der Waals surface area contributed by atoms with Gasteiger partial charge in [0, 0.05) is 24.5 Å². The molecule has 1 amide bonds. The van der Waals surface area contributed by atoms with E-state index in [9.17, 15) is 19.7 Å². The van der Waals surface area contributed by atoms with Gasteiger partial charge < -0.3 is 10.4 Å². The molecule has 2 unspecified atom stereocenters. The molecule has 2 N–H and O–H groups in total. The van der Waals surface area contributed by atoms with Crippen molar-refractivity contribution >= 4 is 17.6 Å². The number of hydrogen-bond acceptors (Lipinski definition) is 4. The Morgan fingerprint density at radius 3 is 2.42 bits per heavy atom. The van der Waals surface area contributed by atoms with Crippen molar-refractivity contribution in [2.24, 2.45) is 0 Å². The average molecular weight is 266 g/mol. The van der Waals surface area contributed by atoms with Crippen molar-refractivity contribution in [3.63, 3.8) is 0 Å². The first-order chi connectivity index (χ1) is 8.84. The van der Waals surface area contributed by atoms with Crippen LogP contribution in [0.1, 0.15) is 25.3 Å². The van der Waals surface area contributed by atoms with Gasteiger partial charge in [-0.3, -0.25) is 14.9 Å². The van der Waals surface area contributed by atoms with E-state index in [1.165, 1.54) is 32.0 Å². The number of carboxylic acid groups (broad SMARTS) is 1. The molecular weight excluding hydrogens is 252 g/mol. The van der Waals surface area contributed by atoms with Gasteiger partial charge >= 0.3 is 5.97 Å². The Bertz CT molecular complexity index is 515. The van der Waals surface area contributed by atoms with Crippen LogP contribution < -0.4 is 5.32 Å². The first-order valence-electron chi connectivity index (χ1n) is 5.57. The summed E-state index contributed by atoms with van der Waals surface area (Å²) in [7, 11) is 0. The molecule has 0 aliphatic carbocycles. The average Bonchev–Trinajstić information content (AvgIpc) is 2.34. The summed E-state index contributed by atoms with van der Waals surface area (Å²) in [6.45, 7) is 2.72. The lowest BCUT2D eigenvalue weighted by Gasteiger charge is -2.20. The van der Waals surface area contributed by atoms with Gasteiger partial charge in [-0.15, -0.1) is 0 Å². The Morgan fingerprint density at radius 2 is 1.95 bits per heavy atom. The van der Waals surface area contributed by atoms with Crippen LogP contribution >= 0.6 is 0 Å². The molecule has 1 aromatic carbocycles. The lowest BCUT2D eigenvalue weighted by Crippen LogP contribution is -2.43. The van der Waals surface area contributed by atoms with Crippen molar-refractivity contribution in [3.8, 4) is 0 Å². The highest BCUT2D eigenvalue weighted by molar-refractivity contribution is 5.83. The summed E-state index contributed by atoms with van der Waals surface area (Å²) in [6.07, 6.45) is 0. The Hall–Kier alpha value is -2.44. The van der Waals surface area contributed by atoms with Crippen molar-refractivity contribution in [3.05, 3.63) is 39.9 Å². The Kier molecular flexibility index (Phi) is 4.57. The van der Waals surface area contributed by atoms with Crippen LogP contribution in [0.2, 0.25) is 0 Å². The van der Waals surface area contributed by atoms with E-state index in [1.807, 2.05) is 0 Å². The Labute approximate surface area is 109 Å². The van der Waals surface area contributed by atoms with Gasteiger partial charge in [0.1, 0.15) is 6.04 Å². The predicted octanol–water partition coefficient (Wildman–Crippen LogP) is 1.29. The Morgan fingerprint density at radius 1 is 1.37 bits per heavy atom. The SMILES string of the molecule is CC(=O)NC(C(=O)O)C(C)c1ccccc1[N+](=O)[O-]. The number of nitro groups is 1. The van der Waals surface area contributed by atoms with E-state index in [4.69, 9.17) is 5.11 Å². The molecule has 0 saturated carbocycles. The summed E-state index contributed by atoms with van der Waals surface area (Å²) < 4.78 is 0. The van der Waals surface area contributed by atoms with Crippen LogP contribution in [0.15, 0.2) is 24.3 Å². The molecule has 1 rings (SSSR count). The maximum absolute atomic E-state index is 11.1. The molecule has 0 aromatic heterocycles. The quantitative estimate of drug-likeness (QED) is 0.616. The van der Waals surface area contributed by atoms with Crippen molar-refractivity contribution in [2.45, 2.75) is 25.8 Å². The number of para-hydroxylation sites is 1. The molecule has 0 heterocycles. The fourth-order valence-corrected chi connectivity index (χ4v) is 1.84. The number of nitro benzene ring substituents is 1. The Balaban J connectivity index is 3.16. The second-order valence-electron chi connectivity index (χ2n) is 4.12. The van der Waals surface area contributed by atoms with E-state index in [1.54, 1.807) is 6.07 Å². The summed E-state index contributed by atoms with van der Waals surface area (Å²) in [6, 6.07) is 4.67. The highest BCUT2D eigenvalue weighted by atomic mass is 16.6. The van der Waals surface area contributed by atoms with Crippen LogP contribution in [0.25, 0.3) is 0 Å². The molecule has 7 nitrogen and oxygen atoms in total. The zero-order valence-corrected chi connectivity index (χ0v) is 10.5. The second kappa shape index (κ2) is 5.94. The van der Waals surface area contributed by atoms with Crippen molar-refractivity contribution in [1.82, 2.24) is 5.32 Å². The lowest BCUT2D eigenvalue weighted by atomic mass is 9.92. The third kappa shape index (κ3) is 3.51. The number of hydrogen-bond donors (Lipinski definition) is 2. The first kappa shape index (κ1) is 14.6. The van der Waals surface area contributed by atoms with Gasteiger partial charge in [0.25, 0.3) is 5.69 Å². The number of aliphatic carboxylic acids is 1. The monoisotopic (exact) mass is 266 g/mol. The summed E-state index contributed by atoms with van der Waals surface area (Å²) in [5, 5.41) is 22.3. The van der Waals surface area contributed by atoms with Gasteiger partial charge in [-0.2, -0.15) is 0 Å². The number of carbonyl (C=O) groups excluding carboxylic acids is 1. The predicted molar refractivity (Wildman–Crippen MR) is 66.8 cm³/mol. The fraction of sp³-hybridized carbons (Fsp3) is 0.333. The topological polar surface area (TPSA) is 110 Å². The van der Waals surface area contributed by atoms with E-state index < -0.39 is 28.8 Å². The molecule has 0 spiro atoms. The maximum atomic E-state index is 11.1. The number of carbonyl (C=O) groups is 2. The van der Waals surface area contributed by atoms with E-state index in [0.29, 0.717) is 0 Å². The number of carboxylic acids is 1. The number of rotatable bonds is 5. The van der Waals surface area contributed by atoms with Crippen molar-refractivity contribution in [1.29, 1.82) is 0 Å². The highest BCUT2D eigenvalue weighted by Gasteiger charge is 2.30. The molecule has 19 heavy (non-hydrogen) atoms. The molecule has 0 aliphatic rings. The first-order valence-corrected chi connectivity index (χ1v) is 5.57. The number of nitrogens with one attached hydrogen (secondary N) is 1. The summed E-state index contributed by atoms with van der Waals surface area (Å²) in [5.74, 6) is -2.46. The third-order valence-electron chi connectivity index (χ3n) is 2.75. The van der Waals surface area contributed by atoms with Gasteiger partial charge in [0.05, 0.1) is 4.92 Å². The molecule has 1 aromatic rings. The van der Waals surface area contributed by atoms with E-state index in [0.717, 1.165) is 0 Å². The standard InChI is InChI=1S/C12H14N2O5/c1-7(11(12(16)17)13-8(2)15)9-5-3-4-6-10(9)14(18)19/h3-7,11H,1-2H3,(H,13,15)(H,16,17). The minimum absolute atomic E-state index is 0.161. The van der Waals surface area contributed by atoms with Gasteiger partial charge in [-0.1, -0.05) is 25.1 Å². The van der Waals surface area contributed by atoms with Gasteiger partial charge in [0.2, 0.25) is 5.91 Å². The highest BCUT2D eigenvalue weighted by Crippen LogP contribution is 2.28. The molecule has 0 saturated heterocycles. The molecular formula is C12H14N2O5. The van der Waals surface area contributed by atoms with Gasteiger partial charge in [-0.25, -0.2) is 4.79 Å². The normalized spacial score (nSPS) is 13.4. The zero-order chi connectivity index (χ0) is 14.6. The molecule has 102 valence electrons. The van der Waals surface area contributed by atoms with Crippen LogP contribution in [-0.2, 0) is 9.59 Å². The molecule has 0 aliphatic heterocycles. The number of benzene rings is 1. The number of amides is 1. The van der Waals surface area contributed by atoms with Crippen molar-refractivity contribution in [2.75, 3.05) is 0 Å². The smallest absolute Gasteiger partial charge is 0.326 e. The van der Waals surface area contributed by atoms with Crippen LogP contribution in [0.3, 0.4) is 0 Å². The van der Waals surface area contributed by atoms with Crippen LogP contribution in [-0.4, -0.2) is 27.9 Å². The largest absolute Gasteiger partial charge is 0.480 e. The van der Waals surface area contributed by atoms with Crippen LogP contribution in [0.4, 0.5) is 5.69 Å². The van der Waals surface area contributed by atoms with Gasteiger partial charge in [0.15, 0.2) is 0 Å². The summed E-state index contributed by atoms with van der Waals surface area (Å²) >= 11 is 0. The minimum atomic E-state index is -1.24. The molecule has 0 bridgehead atoms. The van der Waals surface area contributed by atoms with E-state index >= 15 is 0 Å². The zero-order valence-electron chi connectivity index (χ0n) is 10.5. The third-order valence-corrected chi connectivity index (χ3v) is 2.75. The van der Waals surface area contributed by atoms with E-state index in [2.05, 4.69) is 5.32 Å². The van der Waals surface area contributed by atoms with Crippen LogP contribution in [0, 0.1) is 10.1 Å². The fourth-order valence-electron chi connectivity index (χ4n) is 1.84. The van der Waals surface area contributed by atoms with E-state index in [-0.39, 0.29) is 11.3 Å². The minimum Gasteiger partial charge on any atom is -0.480 e. The number of nitrogens with zero attached hydrogens (tertiary/aromatic N) is 1. The maximum Gasteiger partial charge on any atom is 0.326 e. The van der Waals surface area contributed by atoms with Gasteiger partial charge in [-0.05, 0) is 0 Å². The molecule has 0 radical (unpaired) electrons. The molecule has 2 atom stereocenters.